The van der Waals surface area contributed by atoms with E-state index in [1.54, 1.807) is 11.3 Å². The minimum absolute atomic E-state index is 0.250. The summed E-state index contributed by atoms with van der Waals surface area (Å²) in [5.74, 6) is 0.451. The van der Waals surface area contributed by atoms with E-state index in [4.69, 9.17) is 5.73 Å². The summed E-state index contributed by atoms with van der Waals surface area (Å²) in [6.45, 7) is 4.82. The Morgan fingerprint density at radius 2 is 2.05 bits per heavy atom. The Kier molecular flexibility index (Phi) is 5.57. The van der Waals surface area contributed by atoms with Gasteiger partial charge in [-0.2, -0.15) is 0 Å². The molecule has 118 valence electrons. The molecule has 1 unspecified atom stereocenters. The molecule has 1 aromatic carbocycles. The molecule has 1 aromatic heterocycles. The Bertz CT molecular complexity index is 632. The first-order valence-corrected chi connectivity index (χ1v) is 8.19. The van der Waals surface area contributed by atoms with Crippen molar-refractivity contribution in [2.75, 3.05) is 26.0 Å². The van der Waals surface area contributed by atoms with Crippen LogP contribution in [0.3, 0.4) is 0 Å². The Hall–Kier alpha value is -1.85. The second-order valence-electron chi connectivity index (χ2n) is 5.64. The van der Waals surface area contributed by atoms with Gasteiger partial charge in [-0.15, -0.1) is 11.3 Å². The van der Waals surface area contributed by atoms with Crippen LogP contribution in [-0.4, -0.2) is 31.5 Å². The molecular formula is C17H24N4S. The van der Waals surface area contributed by atoms with Crippen molar-refractivity contribution in [3.8, 4) is 0 Å². The fourth-order valence-corrected chi connectivity index (χ4v) is 3.09. The monoisotopic (exact) mass is 316 g/mol. The molecule has 2 aromatic rings. The van der Waals surface area contributed by atoms with E-state index in [0.29, 0.717) is 12.5 Å². The second-order valence-corrected chi connectivity index (χ2v) is 6.62. The van der Waals surface area contributed by atoms with Crippen LogP contribution in [0.2, 0.25) is 0 Å². The van der Waals surface area contributed by atoms with E-state index in [-0.39, 0.29) is 6.04 Å². The molecule has 0 saturated carbocycles. The minimum Gasteiger partial charge on any atom is -0.370 e. The Morgan fingerprint density at radius 3 is 2.64 bits per heavy atom. The number of benzene rings is 1. The zero-order valence-corrected chi connectivity index (χ0v) is 14.4. The number of likely N-dealkylation sites (N-methyl/N-ethyl adjacent to an activating group) is 1. The number of aryl methyl sites for hydroxylation is 2. The van der Waals surface area contributed by atoms with Crippen molar-refractivity contribution < 1.29 is 0 Å². The van der Waals surface area contributed by atoms with E-state index in [1.165, 1.54) is 16.0 Å². The van der Waals surface area contributed by atoms with Gasteiger partial charge in [0, 0.05) is 10.6 Å². The summed E-state index contributed by atoms with van der Waals surface area (Å²) >= 11 is 1.75. The molecule has 0 aliphatic rings. The highest BCUT2D eigenvalue weighted by Crippen LogP contribution is 2.23. The summed E-state index contributed by atoms with van der Waals surface area (Å²) in [4.78, 5) is 7.96. The van der Waals surface area contributed by atoms with Crippen molar-refractivity contribution >= 4 is 23.0 Å². The van der Waals surface area contributed by atoms with Crippen molar-refractivity contribution in [1.82, 2.24) is 4.90 Å². The van der Waals surface area contributed by atoms with Crippen molar-refractivity contribution in [1.29, 1.82) is 0 Å². The number of nitrogens with one attached hydrogen (secondary N) is 1. The molecule has 0 radical (unpaired) electrons. The summed E-state index contributed by atoms with van der Waals surface area (Å²) < 4.78 is 0. The zero-order chi connectivity index (χ0) is 16.1. The quantitative estimate of drug-likeness (QED) is 0.656. The van der Waals surface area contributed by atoms with E-state index < -0.39 is 0 Å². The number of hydrogen-bond acceptors (Lipinski definition) is 3. The molecule has 2 rings (SSSR count). The van der Waals surface area contributed by atoms with Gasteiger partial charge in [-0.1, -0.05) is 12.1 Å². The summed E-state index contributed by atoms with van der Waals surface area (Å²) in [6, 6.07) is 10.6. The standard InChI is InChI=1S/C17H24N4S/c1-12-7-8-14(10-13(12)2)20-17(18)19-11-15(21(3)4)16-6-5-9-22-16/h5-10,15H,11H2,1-4H3,(H3,18,19,20). The molecule has 5 heteroatoms. The summed E-state index contributed by atoms with van der Waals surface area (Å²) in [6.07, 6.45) is 0. The second kappa shape index (κ2) is 7.42. The predicted molar refractivity (Wildman–Crippen MR) is 96.8 cm³/mol. The van der Waals surface area contributed by atoms with Gasteiger partial charge >= 0.3 is 0 Å². The lowest BCUT2D eigenvalue weighted by Crippen LogP contribution is -2.27. The number of aliphatic imine (C=N–C) groups is 1. The molecule has 4 nitrogen and oxygen atoms in total. The lowest BCUT2D eigenvalue weighted by molar-refractivity contribution is 0.311. The fraction of sp³-hybridized carbons (Fsp3) is 0.353. The van der Waals surface area contributed by atoms with Crippen LogP contribution in [0.15, 0.2) is 40.7 Å². The van der Waals surface area contributed by atoms with Crippen molar-refractivity contribution in [2.45, 2.75) is 19.9 Å². The number of guanidine groups is 1. The van der Waals surface area contributed by atoms with E-state index in [1.807, 2.05) is 6.07 Å². The number of hydrogen-bond donors (Lipinski definition) is 2. The topological polar surface area (TPSA) is 53.6 Å². The van der Waals surface area contributed by atoms with Crippen molar-refractivity contribution in [3.63, 3.8) is 0 Å². The molecular weight excluding hydrogens is 292 g/mol. The van der Waals surface area contributed by atoms with Gasteiger partial charge in [0.25, 0.3) is 0 Å². The van der Waals surface area contributed by atoms with Crippen LogP contribution < -0.4 is 11.1 Å². The fourth-order valence-electron chi connectivity index (χ4n) is 2.18. The summed E-state index contributed by atoms with van der Waals surface area (Å²) in [5, 5.41) is 5.25. The lowest BCUT2D eigenvalue weighted by atomic mass is 10.1. The normalized spacial score (nSPS) is 13.4. The smallest absolute Gasteiger partial charge is 0.193 e. The van der Waals surface area contributed by atoms with Crippen LogP contribution in [0.5, 0.6) is 0 Å². The molecule has 0 saturated heterocycles. The largest absolute Gasteiger partial charge is 0.370 e. The van der Waals surface area contributed by atoms with Crippen LogP contribution >= 0.6 is 11.3 Å². The maximum atomic E-state index is 6.02. The van der Waals surface area contributed by atoms with Gasteiger partial charge in [-0.3, -0.25) is 4.99 Å². The van der Waals surface area contributed by atoms with Gasteiger partial charge in [0.15, 0.2) is 5.96 Å². The number of anilines is 1. The van der Waals surface area contributed by atoms with Gasteiger partial charge in [0.1, 0.15) is 0 Å². The first kappa shape index (κ1) is 16.5. The molecule has 0 aliphatic carbocycles. The predicted octanol–water partition coefficient (Wildman–Crippen LogP) is 3.39. The highest BCUT2D eigenvalue weighted by molar-refractivity contribution is 7.10. The lowest BCUT2D eigenvalue weighted by Gasteiger charge is -2.21. The first-order chi connectivity index (χ1) is 10.5. The molecule has 3 N–H and O–H groups in total. The van der Waals surface area contributed by atoms with E-state index in [2.05, 4.69) is 72.8 Å². The van der Waals surface area contributed by atoms with Crippen molar-refractivity contribution in [3.05, 3.63) is 51.7 Å². The van der Waals surface area contributed by atoms with Crippen molar-refractivity contribution in [2.24, 2.45) is 10.7 Å². The third-order valence-electron chi connectivity index (χ3n) is 3.71. The van der Waals surface area contributed by atoms with Crippen LogP contribution in [0, 0.1) is 13.8 Å². The minimum atomic E-state index is 0.250. The SMILES string of the molecule is Cc1ccc(NC(N)=NCC(c2cccs2)N(C)C)cc1C. The van der Waals surface area contributed by atoms with Gasteiger partial charge < -0.3 is 16.0 Å². The number of rotatable bonds is 5. The number of thiophene rings is 1. The van der Waals surface area contributed by atoms with E-state index in [0.717, 1.165) is 5.69 Å². The molecule has 1 heterocycles. The number of nitrogens with two attached hydrogens (primary N) is 1. The highest BCUT2D eigenvalue weighted by atomic mass is 32.1. The van der Waals surface area contributed by atoms with E-state index in [9.17, 15) is 0 Å². The van der Waals surface area contributed by atoms with Crippen LogP contribution in [-0.2, 0) is 0 Å². The summed E-state index contributed by atoms with van der Waals surface area (Å²) in [5.41, 5.74) is 9.50. The Balaban J connectivity index is 2.03. The molecule has 1 atom stereocenters. The molecule has 0 bridgehead atoms. The van der Waals surface area contributed by atoms with Gasteiger partial charge in [0.2, 0.25) is 0 Å². The van der Waals surface area contributed by atoms with Gasteiger partial charge in [-0.25, -0.2) is 0 Å². The maximum Gasteiger partial charge on any atom is 0.193 e. The average molecular weight is 316 g/mol. The Morgan fingerprint density at radius 1 is 1.27 bits per heavy atom. The average Bonchev–Trinajstić information content (AvgIpc) is 2.97. The summed E-state index contributed by atoms with van der Waals surface area (Å²) in [7, 11) is 4.12. The van der Waals surface area contributed by atoms with Crippen LogP contribution in [0.4, 0.5) is 5.69 Å². The van der Waals surface area contributed by atoms with Crippen LogP contribution in [0.25, 0.3) is 0 Å². The first-order valence-electron chi connectivity index (χ1n) is 7.31. The van der Waals surface area contributed by atoms with Gasteiger partial charge in [0.05, 0.1) is 12.6 Å². The van der Waals surface area contributed by atoms with Crippen LogP contribution in [0.1, 0.15) is 22.0 Å². The third kappa shape index (κ3) is 4.32. The van der Waals surface area contributed by atoms with E-state index >= 15 is 0 Å². The third-order valence-corrected chi connectivity index (χ3v) is 4.68. The molecule has 22 heavy (non-hydrogen) atoms. The number of nitrogens with zero attached hydrogens (tertiary/aromatic N) is 2. The Labute approximate surface area is 136 Å². The zero-order valence-electron chi connectivity index (χ0n) is 13.6. The molecule has 0 aliphatic heterocycles. The molecule has 0 amide bonds. The maximum absolute atomic E-state index is 6.02. The molecule has 0 spiro atoms. The van der Waals surface area contributed by atoms with Gasteiger partial charge in [-0.05, 0) is 62.6 Å². The highest BCUT2D eigenvalue weighted by Gasteiger charge is 2.14. The molecule has 0 fully saturated rings.